The molecule has 0 aromatic heterocycles. The zero-order valence-electron chi connectivity index (χ0n) is 16.7. The molecule has 2 fully saturated rings. The fourth-order valence-electron chi connectivity index (χ4n) is 3.64. The van der Waals surface area contributed by atoms with Gasteiger partial charge in [-0.3, -0.25) is 9.35 Å². The van der Waals surface area contributed by atoms with Gasteiger partial charge in [0.2, 0.25) is 0 Å². The van der Waals surface area contributed by atoms with Crippen molar-refractivity contribution in [1.29, 1.82) is 0 Å². The molecule has 0 aliphatic carbocycles. The maximum atomic E-state index is 12.4. The van der Waals surface area contributed by atoms with Gasteiger partial charge in [-0.15, -0.1) is 4.28 Å². The molecule has 0 radical (unpaired) electrons. The molecule has 0 spiro atoms. The topological polar surface area (TPSA) is 131 Å². The van der Waals surface area contributed by atoms with Crippen LogP contribution in [0.2, 0.25) is 0 Å². The summed E-state index contributed by atoms with van der Waals surface area (Å²) in [6, 6.07) is 3.25. The predicted molar refractivity (Wildman–Crippen MR) is 104 cm³/mol. The van der Waals surface area contributed by atoms with Crippen molar-refractivity contribution >= 4 is 28.2 Å². The Morgan fingerprint density at radius 1 is 1.20 bits per heavy atom. The molecule has 11 heteroatoms. The summed E-state index contributed by atoms with van der Waals surface area (Å²) in [5.74, 6) is -0.656. The average molecular weight is 440 g/mol. The lowest BCUT2D eigenvalue weighted by atomic mass is 10.0. The molecular weight excluding hydrogens is 416 g/mol. The third kappa shape index (κ3) is 4.97. The van der Waals surface area contributed by atoms with Crippen LogP contribution in [-0.4, -0.2) is 66.0 Å². The van der Waals surface area contributed by atoms with Gasteiger partial charge in [-0.05, 0) is 50.3 Å². The van der Waals surface area contributed by atoms with E-state index < -0.39 is 34.5 Å². The number of carbonyl (C=O) groups excluding carboxylic acids is 3. The third-order valence-corrected chi connectivity index (χ3v) is 5.74. The van der Waals surface area contributed by atoms with Gasteiger partial charge in [-0.25, -0.2) is 9.59 Å². The van der Waals surface area contributed by atoms with Crippen LogP contribution in [0.4, 0.5) is 4.79 Å². The van der Waals surface area contributed by atoms with Crippen molar-refractivity contribution in [3.63, 3.8) is 0 Å². The second-order valence-electron chi connectivity index (χ2n) is 7.50. The number of fused-ring (bicyclic) bond motifs is 2. The number of esters is 1. The number of urea groups is 1. The number of carbonyl (C=O) groups is 3. The standard InChI is InChI=1S/C19H24N2O8S/c1-12-5-6-14(10-13(12)2)17(22)4-3-9-28-18(23)16-8-7-15-11-20(16)19(24)21(15)29-30(25,26)27/h5-6,10,15-16H,3-4,7-9,11H2,1-2H3,(H,25,26,27)/t15-,16+/m1/s1. The molecule has 2 amide bonds. The lowest BCUT2D eigenvalue weighted by molar-refractivity contribution is -0.149. The van der Waals surface area contributed by atoms with Crippen molar-refractivity contribution in [2.75, 3.05) is 13.2 Å². The molecule has 10 nitrogen and oxygen atoms in total. The average Bonchev–Trinajstić information content (AvgIpc) is 2.90. The van der Waals surface area contributed by atoms with Crippen molar-refractivity contribution < 1.29 is 36.4 Å². The number of aryl methyl sites for hydroxylation is 2. The molecule has 3 rings (SSSR count). The summed E-state index contributed by atoms with van der Waals surface area (Å²) in [5, 5.41) is 0.574. The minimum atomic E-state index is -4.84. The van der Waals surface area contributed by atoms with Crippen LogP contribution in [0.1, 0.15) is 47.2 Å². The van der Waals surface area contributed by atoms with Crippen LogP contribution in [0.5, 0.6) is 0 Å². The second-order valence-corrected chi connectivity index (χ2v) is 8.51. The summed E-state index contributed by atoms with van der Waals surface area (Å²) in [4.78, 5) is 38.1. The lowest BCUT2D eigenvalue weighted by Gasteiger charge is -2.28. The van der Waals surface area contributed by atoms with E-state index in [9.17, 15) is 22.8 Å². The molecule has 2 aliphatic rings. The van der Waals surface area contributed by atoms with E-state index in [0.717, 1.165) is 11.1 Å². The Balaban J connectivity index is 1.48. The molecule has 2 bridgehead atoms. The Kier molecular flexibility index (Phi) is 6.44. The zero-order chi connectivity index (χ0) is 22.1. The van der Waals surface area contributed by atoms with E-state index in [4.69, 9.17) is 9.29 Å². The van der Waals surface area contributed by atoms with Crippen LogP contribution < -0.4 is 0 Å². The van der Waals surface area contributed by atoms with Gasteiger partial charge in [-0.1, -0.05) is 12.1 Å². The van der Waals surface area contributed by atoms with Crippen LogP contribution in [-0.2, 0) is 24.2 Å². The first kappa shape index (κ1) is 22.2. The fraction of sp³-hybridized carbons (Fsp3) is 0.526. The van der Waals surface area contributed by atoms with Crippen molar-refractivity contribution in [3.05, 3.63) is 34.9 Å². The van der Waals surface area contributed by atoms with Gasteiger partial charge >= 0.3 is 22.4 Å². The number of benzene rings is 1. The van der Waals surface area contributed by atoms with Crippen molar-refractivity contribution in [3.8, 4) is 0 Å². The van der Waals surface area contributed by atoms with Crippen LogP contribution in [0, 0.1) is 13.8 Å². The fourth-order valence-corrected chi connectivity index (χ4v) is 4.03. The third-order valence-electron chi connectivity index (χ3n) is 5.39. The summed E-state index contributed by atoms with van der Waals surface area (Å²) in [6.07, 6.45) is 1.17. The number of piperidine rings is 1. The summed E-state index contributed by atoms with van der Waals surface area (Å²) < 4.78 is 40.2. The number of hydroxylamine groups is 2. The molecule has 1 aromatic carbocycles. The second kappa shape index (κ2) is 8.70. The maximum absolute atomic E-state index is 12.4. The van der Waals surface area contributed by atoms with E-state index in [-0.39, 0.29) is 31.8 Å². The number of hydrogen-bond acceptors (Lipinski definition) is 7. The number of ether oxygens (including phenoxy) is 1. The molecule has 0 saturated carbocycles. The van der Waals surface area contributed by atoms with E-state index in [1.807, 2.05) is 26.0 Å². The minimum Gasteiger partial charge on any atom is -0.464 e. The molecular formula is C19H24N2O8S. The molecule has 1 N–H and O–H groups in total. The van der Waals surface area contributed by atoms with Gasteiger partial charge in [0.25, 0.3) is 0 Å². The number of hydrogen-bond donors (Lipinski definition) is 1. The number of amides is 2. The Labute approximate surface area is 174 Å². The number of rotatable bonds is 8. The highest BCUT2D eigenvalue weighted by Crippen LogP contribution is 2.31. The maximum Gasteiger partial charge on any atom is 0.418 e. The Bertz CT molecular complexity index is 961. The lowest BCUT2D eigenvalue weighted by Crippen LogP contribution is -2.45. The van der Waals surface area contributed by atoms with Gasteiger partial charge in [0.05, 0.1) is 12.6 Å². The molecule has 0 unspecified atom stereocenters. The first-order valence-electron chi connectivity index (χ1n) is 9.61. The van der Waals surface area contributed by atoms with E-state index >= 15 is 0 Å². The number of ketones is 1. The van der Waals surface area contributed by atoms with Crippen LogP contribution in [0.25, 0.3) is 0 Å². The molecule has 30 heavy (non-hydrogen) atoms. The number of nitrogens with zero attached hydrogens (tertiary/aromatic N) is 2. The molecule has 1 aromatic rings. The minimum absolute atomic E-state index is 0.0304. The Morgan fingerprint density at radius 2 is 1.93 bits per heavy atom. The quantitative estimate of drug-likeness (QED) is 0.280. The Hall–Kier alpha value is -2.50. The summed E-state index contributed by atoms with van der Waals surface area (Å²) >= 11 is 0. The van der Waals surface area contributed by atoms with Crippen LogP contribution >= 0.6 is 0 Å². The molecule has 2 saturated heterocycles. The molecule has 2 atom stereocenters. The largest absolute Gasteiger partial charge is 0.464 e. The molecule has 2 aliphatic heterocycles. The smallest absolute Gasteiger partial charge is 0.418 e. The van der Waals surface area contributed by atoms with Crippen molar-refractivity contribution in [2.45, 2.75) is 51.6 Å². The molecule has 164 valence electrons. The highest BCUT2D eigenvalue weighted by atomic mass is 32.3. The number of Topliss-reactive ketones (excluding diaryl/α,β-unsaturated/α-hetero) is 1. The van der Waals surface area contributed by atoms with Crippen LogP contribution in [0.3, 0.4) is 0 Å². The first-order chi connectivity index (χ1) is 14.1. The predicted octanol–water partition coefficient (Wildman–Crippen LogP) is 1.81. The van der Waals surface area contributed by atoms with E-state index in [1.54, 1.807) is 6.07 Å². The highest BCUT2D eigenvalue weighted by Gasteiger charge is 2.49. The first-order valence-corrected chi connectivity index (χ1v) is 11.0. The molecule has 2 heterocycles. The van der Waals surface area contributed by atoms with Gasteiger partial charge in [0.1, 0.15) is 6.04 Å². The van der Waals surface area contributed by atoms with Crippen molar-refractivity contribution in [2.24, 2.45) is 0 Å². The van der Waals surface area contributed by atoms with Gasteiger partial charge in [0, 0.05) is 18.5 Å². The van der Waals surface area contributed by atoms with E-state index in [1.165, 1.54) is 4.90 Å². The summed E-state index contributed by atoms with van der Waals surface area (Å²) in [6.45, 7) is 4.03. The monoisotopic (exact) mass is 440 g/mol. The van der Waals surface area contributed by atoms with Gasteiger partial charge in [0.15, 0.2) is 5.78 Å². The van der Waals surface area contributed by atoms with E-state index in [2.05, 4.69) is 4.28 Å². The summed E-state index contributed by atoms with van der Waals surface area (Å²) in [7, 11) is -4.84. The Morgan fingerprint density at radius 3 is 2.60 bits per heavy atom. The zero-order valence-corrected chi connectivity index (χ0v) is 17.6. The van der Waals surface area contributed by atoms with Crippen LogP contribution in [0.15, 0.2) is 18.2 Å². The van der Waals surface area contributed by atoms with Gasteiger partial charge < -0.3 is 9.64 Å². The van der Waals surface area contributed by atoms with Gasteiger partial charge in [-0.2, -0.15) is 13.5 Å². The van der Waals surface area contributed by atoms with E-state index in [0.29, 0.717) is 23.5 Å². The van der Waals surface area contributed by atoms with Crippen molar-refractivity contribution in [1.82, 2.24) is 9.96 Å². The summed E-state index contributed by atoms with van der Waals surface area (Å²) in [5.41, 5.74) is 2.75. The highest BCUT2D eigenvalue weighted by molar-refractivity contribution is 7.80. The normalized spacial score (nSPS) is 21.1. The SMILES string of the molecule is Cc1ccc(C(=O)CCCOC(=O)[C@@H]2CC[C@@H]3CN2C(=O)N3OS(=O)(=O)O)cc1C.